The van der Waals surface area contributed by atoms with Gasteiger partial charge in [-0.25, -0.2) is 8.42 Å². The van der Waals surface area contributed by atoms with Crippen LogP contribution in [0.2, 0.25) is 0 Å². The number of alkyl halides is 1. The molecule has 2 rings (SSSR count). The van der Waals surface area contributed by atoms with Gasteiger partial charge in [-0.15, -0.1) is 11.6 Å². The van der Waals surface area contributed by atoms with Crippen LogP contribution in [0.25, 0.3) is 0 Å². The fourth-order valence-corrected chi connectivity index (χ4v) is 4.58. The summed E-state index contributed by atoms with van der Waals surface area (Å²) in [5.74, 6) is 0.315. The maximum absolute atomic E-state index is 12.7. The predicted octanol–water partition coefficient (Wildman–Crippen LogP) is 2.45. The highest BCUT2D eigenvalue weighted by Gasteiger charge is 2.33. The molecule has 1 atom stereocenters. The van der Waals surface area contributed by atoms with Crippen LogP contribution in [-0.2, 0) is 20.6 Å². The molecule has 4 nitrogen and oxygen atoms in total. The lowest BCUT2D eigenvalue weighted by molar-refractivity contribution is 0.115. The molecule has 112 valence electrons. The van der Waals surface area contributed by atoms with Crippen molar-refractivity contribution < 1.29 is 13.2 Å². The van der Waals surface area contributed by atoms with Gasteiger partial charge in [0.1, 0.15) is 0 Å². The smallest absolute Gasteiger partial charge is 0.243 e. The van der Waals surface area contributed by atoms with Gasteiger partial charge in [-0.05, 0) is 43.0 Å². The first kappa shape index (κ1) is 15.8. The minimum atomic E-state index is -3.47. The number of aryl methyl sites for hydroxylation is 2. The summed E-state index contributed by atoms with van der Waals surface area (Å²) in [5.41, 5.74) is 2.64. The van der Waals surface area contributed by atoms with Gasteiger partial charge >= 0.3 is 0 Å². The van der Waals surface area contributed by atoms with Gasteiger partial charge in [0.2, 0.25) is 10.0 Å². The Hall–Kier alpha value is -0.620. The molecule has 0 spiro atoms. The molecule has 0 aromatic heterocycles. The number of nitrogens with zero attached hydrogens (tertiary/aromatic N) is 1. The van der Waals surface area contributed by atoms with E-state index in [1.165, 1.54) is 4.31 Å². The predicted molar refractivity (Wildman–Crippen MR) is 79.6 cm³/mol. The Balaban J connectivity index is 2.40. The second kappa shape index (κ2) is 6.02. The van der Waals surface area contributed by atoms with Crippen LogP contribution in [0, 0.1) is 13.8 Å². The van der Waals surface area contributed by atoms with Crippen molar-refractivity contribution in [1.29, 1.82) is 0 Å². The van der Waals surface area contributed by atoms with E-state index in [0.29, 0.717) is 23.9 Å². The first-order chi connectivity index (χ1) is 9.40. The Morgan fingerprint density at radius 1 is 1.35 bits per heavy atom. The SMILES string of the molecule is COC1CCN(S(=O)(=O)c2cc(CCl)c(C)cc2C)C1. The first-order valence-electron chi connectivity index (χ1n) is 6.59. The van der Waals surface area contributed by atoms with E-state index in [9.17, 15) is 8.42 Å². The standard InChI is InChI=1S/C14H20ClNO3S/c1-10-6-11(2)14(7-12(10)8-15)20(17,18)16-5-4-13(9-16)19-3/h6-7,13H,4-5,8-9H2,1-3H3. The number of hydrogen-bond acceptors (Lipinski definition) is 3. The van der Waals surface area contributed by atoms with Crippen LogP contribution in [0.5, 0.6) is 0 Å². The lowest BCUT2D eigenvalue weighted by Crippen LogP contribution is -2.30. The molecule has 1 unspecified atom stereocenters. The minimum absolute atomic E-state index is 0.0111. The lowest BCUT2D eigenvalue weighted by atomic mass is 10.1. The highest BCUT2D eigenvalue weighted by Crippen LogP contribution is 2.27. The number of ether oxygens (including phenoxy) is 1. The molecule has 1 aliphatic rings. The summed E-state index contributed by atoms with van der Waals surface area (Å²) in [4.78, 5) is 0.357. The Labute approximate surface area is 125 Å². The summed E-state index contributed by atoms with van der Waals surface area (Å²) in [6.07, 6.45) is 0.728. The van der Waals surface area contributed by atoms with Gasteiger partial charge in [0, 0.05) is 26.1 Å². The van der Waals surface area contributed by atoms with Crippen LogP contribution in [0.15, 0.2) is 17.0 Å². The van der Waals surface area contributed by atoms with Crippen LogP contribution < -0.4 is 0 Å². The summed E-state index contributed by atoms with van der Waals surface area (Å²) in [6.45, 7) is 4.69. The van der Waals surface area contributed by atoms with Gasteiger partial charge in [-0.2, -0.15) is 4.31 Å². The molecule has 1 heterocycles. The van der Waals surface area contributed by atoms with E-state index in [2.05, 4.69) is 0 Å². The van der Waals surface area contributed by atoms with Crippen molar-refractivity contribution in [1.82, 2.24) is 4.31 Å². The first-order valence-corrected chi connectivity index (χ1v) is 8.56. The molecule has 0 radical (unpaired) electrons. The number of hydrogen-bond donors (Lipinski definition) is 0. The summed E-state index contributed by atoms with van der Waals surface area (Å²) < 4.78 is 32.2. The number of rotatable bonds is 4. The average molecular weight is 318 g/mol. The molecule has 1 saturated heterocycles. The van der Waals surface area contributed by atoms with Crippen molar-refractivity contribution in [3.63, 3.8) is 0 Å². The van der Waals surface area contributed by atoms with Crippen molar-refractivity contribution in [2.75, 3.05) is 20.2 Å². The summed E-state index contributed by atoms with van der Waals surface area (Å²) >= 11 is 5.88. The molecule has 0 aliphatic carbocycles. The topological polar surface area (TPSA) is 46.6 Å². The fourth-order valence-electron chi connectivity index (χ4n) is 2.54. The molecule has 1 aromatic carbocycles. The Morgan fingerprint density at radius 3 is 2.60 bits per heavy atom. The molecule has 20 heavy (non-hydrogen) atoms. The molecular formula is C14H20ClNO3S. The van der Waals surface area contributed by atoms with Crippen molar-refractivity contribution in [2.24, 2.45) is 0 Å². The van der Waals surface area contributed by atoms with Gasteiger partial charge in [-0.1, -0.05) is 6.07 Å². The Bertz CT molecular complexity index is 601. The lowest BCUT2D eigenvalue weighted by Gasteiger charge is -2.19. The number of sulfonamides is 1. The maximum Gasteiger partial charge on any atom is 0.243 e. The molecule has 1 aliphatic heterocycles. The van der Waals surface area contributed by atoms with Gasteiger partial charge in [0.15, 0.2) is 0 Å². The van der Waals surface area contributed by atoms with Crippen LogP contribution in [0.1, 0.15) is 23.1 Å². The van der Waals surface area contributed by atoms with E-state index in [1.807, 2.05) is 19.9 Å². The third kappa shape index (κ3) is 2.86. The molecular weight excluding hydrogens is 298 g/mol. The maximum atomic E-state index is 12.7. The van der Waals surface area contributed by atoms with E-state index in [1.54, 1.807) is 13.2 Å². The van der Waals surface area contributed by atoms with E-state index in [0.717, 1.165) is 23.1 Å². The fraction of sp³-hybridized carbons (Fsp3) is 0.571. The van der Waals surface area contributed by atoms with Crippen LogP contribution >= 0.6 is 11.6 Å². The highest BCUT2D eigenvalue weighted by molar-refractivity contribution is 7.89. The van der Waals surface area contributed by atoms with Crippen LogP contribution in [0.4, 0.5) is 0 Å². The van der Waals surface area contributed by atoms with E-state index < -0.39 is 10.0 Å². The van der Waals surface area contributed by atoms with Gasteiger partial charge in [0.05, 0.1) is 11.0 Å². The van der Waals surface area contributed by atoms with Gasteiger partial charge in [-0.3, -0.25) is 0 Å². The van der Waals surface area contributed by atoms with Gasteiger partial charge < -0.3 is 4.74 Å². The van der Waals surface area contributed by atoms with Crippen molar-refractivity contribution in [2.45, 2.75) is 37.1 Å². The van der Waals surface area contributed by atoms with Crippen LogP contribution in [-0.4, -0.2) is 39.0 Å². The normalized spacial score (nSPS) is 20.5. The van der Waals surface area contributed by atoms with Crippen molar-refractivity contribution in [3.05, 3.63) is 28.8 Å². The average Bonchev–Trinajstić information content (AvgIpc) is 2.88. The second-order valence-electron chi connectivity index (χ2n) is 5.19. The summed E-state index contributed by atoms with van der Waals surface area (Å²) in [5, 5.41) is 0. The molecule has 1 fully saturated rings. The quantitative estimate of drug-likeness (QED) is 0.801. The second-order valence-corrected chi connectivity index (χ2v) is 7.36. The molecule has 0 amide bonds. The zero-order valence-corrected chi connectivity index (χ0v) is 13.6. The number of methoxy groups -OCH3 is 1. The Morgan fingerprint density at radius 2 is 2.05 bits per heavy atom. The number of halogens is 1. The van der Waals surface area contributed by atoms with Gasteiger partial charge in [0.25, 0.3) is 0 Å². The zero-order valence-electron chi connectivity index (χ0n) is 12.0. The molecule has 0 N–H and O–H groups in total. The highest BCUT2D eigenvalue weighted by atomic mass is 35.5. The minimum Gasteiger partial charge on any atom is -0.380 e. The summed E-state index contributed by atoms with van der Waals surface area (Å²) in [6, 6.07) is 3.58. The van der Waals surface area contributed by atoms with E-state index in [-0.39, 0.29) is 6.10 Å². The molecule has 0 bridgehead atoms. The molecule has 0 saturated carbocycles. The zero-order chi connectivity index (χ0) is 14.9. The van der Waals surface area contributed by atoms with Crippen LogP contribution in [0.3, 0.4) is 0 Å². The third-order valence-corrected chi connectivity index (χ3v) is 6.13. The van der Waals surface area contributed by atoms with E-state index >= 15 is 0 Å². The molecule has 6 heteroatoms. The van der Waals surface area contributed by atoms with Crippen molar-refractivity contribution >= 4 is 21.6 Å². The van der Waals surface area contributed by atoms with E-state index in [4.69, 9.17) is 16.3 Å². The Kier molecular flexibility index (Phi) is 4.74. The third-order valence-electron chi connectivity index (χ3n) is 3.84. The largest absolute Gasteiger partial charge is 0.380 e. The molecule has 1 aromatic rings. The number of benzene rings is 1. The summed E-state index contributed by atoms with van der Waals surface area (Å²) in [7, 11) is -1.85. The monoisotopic (exact) mass is 317 g/mol. The van der Waals surface area contributed by atoms with Crippen molar-refractivity contribution in [3.8, 4) is 0 Å².